The van der Waals surface area contributed by atoms with Gasteiger partial charge in [-0.1, -0.05) is 12.1 Å². The van der Waals surface area contributed by atoms with Crippen molar-refractivity contribution in [2.45, 2.75) is 6.42 Å². The lowest BCUT2D eigenvalue weighted by atomic mass is 10.2. The molecule has 1 aromatic carbocycles. The van der Waals surface area contributed by atoms with E-state index in [9.17, 15) is 14.4 Å². The number of para-hydroxylation sites is 1. The summed E-state index contributed by atoms with van der Waals surface area (Å²) >= 11 is 0. The number of cyclic esters (lactones) is 1. The van der Waals surface area contributed by atoms with Crippen LogP contribution in [0.1, 0.15) is 17.0 Å². The third kappa shape index (κ3) is 3.31. The molecule has 2 amide bonds. The number of carbonyl (C=O) groups excluding carboxylic acids is 2. The van der Waals surface area contributed by atoms with Crippen LogP contribution in [0.25, 0.3) is 10.9 Å². The lowest BCUT2D eigenvalue weighted by Gasteiger charge is -2.26. The third-order valence-corrected chi connectivity index (χ3v) is 3.55. The molecule has 1 aliphatic rings. The summed E-state index contributed by atoms with van der Waals surface area (Å²) in [6, 6.07) is 6.80. The van der Waals surface area contributed by atoms with E-state index in [0.717, 1.165) is 6.42 Å². The van der Waals surface area contributed by atoms with Crippen LogP contribution in [0.15, 0.2) is 29.1 Å². The van der Waals surface area contributed by atoms with Crippen LogP contribution in [0, 0.1) is 0 Å². The van der Waals surface area contributed by atoms with E-state index in [4.69, 9.17) is 4.74 Å². The fraction of sp³-hybridized carbons (Fsp3) is 0.333. The van der Waals surface area contributed by atoms with Gasteiger partial charge in [0.2, 0.25) is 0 Å². The van der Waals surface area contributed by atoms with E-state index >= 15 is 0 Å². The van der Waals surface area contributed by atoms with Crippen molar-refractivity contribution in [2.24, 2.45) is 0 Å². The Morgan fingerprint density at radius 1 is 1.35 bits per heavy atom. The number of amides is 2. The summed E-state index contributed by atoms with van der Waals surface area (Å²) in [7, 11) is 0. The largest absolute Gasteiger partial charge is 0.449 e. The second-order valence-electron chi connectivity index (χ2n) is 5.14. The van der Waals surface area contributed by atoms with Crippen LogP contribution < -0.4 is 10.9 Å². The van der Waals surface area contributed by atoms with Crippen molar-refractivity contribution in [1.29, 1.82) is 0 Å². The average Bonchev–Trinajstić information content (AvgIpc) is 2.56. The highest BCUT2D eigenvalue weighted by Gasteiger charge is 2.19. The van der Waals surface area contributed by atoms with Crippen molar-refractivity contribution < 1.29 is 14.3 Å². The molecule has 1 saturated heterocycles. The minimum Gasteiger partial charge on any atom is -0.449 e. The Labute approximate surface area is 131 Å². The number of H-pyrrole nitrogens is 1. The molecule has 1 fully saturated rings. The minimum atomic E-state index is -0.488. The van der Waals surface area contributed by atoms with Crippen molar-refractivity contribution >= 4 is 22.9 Å². The lowest BCUT2D eigenvalue weighted by molar-refractivity contribution is 0.0718. The van der Waals surface area contributed by atoms with Gasteiger partial charge in [-0.3, -0.25) is 9.59 Å². The van der Waals surface area contributed by atoms with Crippen LogP contribution in [0.4, 0.5) is 4.79 Å². The van der Waals surface area contributed by atoms with Crippen LogP contribution >= 0.6 is 0 Å². The van der Waals surface area contributed by atoms with Crippen molar-refractivity contribution in [3.63, 3.8) is 0 Å². The number of carbonyl (C=O) groups is 2. The second kappa shape index (κ2) is 6.47. The number of nitrogens with one attached hydrogen (secondary N) is 2. The van der Waals surface area contributed by atoms with Gasteiger partial charge < -0.3 is 19.9 Å². The van der Waals surface area contributed by atoms with Gasteiger partial charge in [-0.05, 0) is 18.6 Å². The zero-order chi connectivity index (χ0) is 16.2. The summed E-state index contributed by atoms with van der Waals surface area (Å²) in [6.07, 6.45) is 0.405. The SMILES string of the molecule is O=C(NCCN1CCCOC1=O)c1nc2ccccc2c(=O)[nH]1. The second-order valence-corrected chi connectivity index (χ2v) is 5.14. The molecule has 8 nitrogen and oxygen atoms in total. The monoisotopic (exact) mass is 316 g/mol. The zero-order valence-electron chi connectivity index (χ0n) is 12.4. The van der Waals surface area contributed by atoms with Crippen LogP contribution in [0.2, 0.25) is 0 Å². The van der Waals surface area contributed by atoms with E-state index in [1.54, 1.807) is 24.3 Å². The topological polar surface area (TPSA) is 104 Å². The lowest BCUT2D eigenvalue weighted by Crippen LogP contribution is -2.42. The summed E-state index contributed by atoms with van der Waals surface area (Å²) in [5, 5.41) is 3.07. The molecule has 0 atom stereocenters. The number of aromatic nitrogens is 2. The van der Waals surface area contributed by atoms with Gasteiger partial charge in [0.05, 0.1) is 17.5 Å². The molecule has 0 unspecified atom stereocenters. The van der Waals surface area contributed by atoms with Crippen LogP contribution in [0.5, 0.6) is 0 Å². The van der Waals surface area contributed by atoms with Gasteiger partial charge in [-0.15, -0.1) is 0 Å². The maximum Gasteiger partial charge on any atom is 0.409 e. The number of rotatable bonds is 4. The van der Waals surface area contributed by atoms with Gasteiger partial charge in [0, 0.05) is 19.6 Å². The minimum absolute atomic E-state index is 0.0464. The number of nitrogens with zero attached hydrogens (tertiary/aromatic N) is 2. The third-order valence-electron chi connectivity index (χ3n) is 3.55. The average molecular weight is 316 g/mol. The first kappa shape index (κ1) is 15.0. The molecule has 8 heteroatoms. The molecular formula is C15H16N4O4. The summed E-state index contributed by atoms with van der Waals surface area (Å²) in [5.74, 6) is -0.534. The first-order valence-corrected chi connectivity index (χ1v) is 7.34. The van der Waals surface area contributed by atoms with Gasteiger partial charge in [0.1, 0.15) is 0 Å². The van der Waals surface area contributed by atoms with Gasteiger partial charge >= 0.3 is 6.09 Å². The molecule has 23 heavy (non-hydrogen) atoms. The highest BCUT2D eigenvalue weighted by atomic mass is 16.6. The maximum atomic E-state index is 12.1. The Kier molecular flexibility index (Phi) is 4.22. The zero-order valence-corrected chi connectivity index (χ0v) is 12.4. The Morgan fingerprint density at radius 2 is 2.17 bits per heavy atom. The van der Waals surface area contributed by atoms with Crippen molar-refractivity contribution in [1.82, 2.24) is 20.2 Å². The number of benzene rings is 1. The molecular weight excluding hydrogens is 300 g/mol. The van der Waals surface area contributed by atoms with Crippen molar-refractivity contribution in [3.8, 4) is 0 Å². The Morgan fingerprint density at radius 3 is 3.00 bits per heavy atom. The number of aromatic amines is 1. The van der Waals surface area contributed by atoms with E-state index in [2.05, 4.69) is 15.3 Å². The molecule has 0 aliphatic carbocycles. The quantitative estimate of drug-likeness (QED) is 0.854. The van der Waals surface area contributed by atoms with E-state index in [1.807, 2.05) is 0 Å². The van der Waals surface area contributed by atoms with E-state index in [-0.39, 0.29) is 24.0 Å². The molecule has 2 N–H and O–H groups in total. The molecule has 0 spiro atoms. The Bertz CT molecular complexity index is 801. The normalized spacial score (nSPS) is 14.6. The van der Waals surface area contributed by atoms with E-state index in [1.165, 1.54) is 4.90 Å². The first-order chi connectivity index (χ1) is 11.1. The Hall–Kier alpha value is -2.90. The number of ether oxygens (including phenoxy) is 1. The van der Waals surface area contributed by atoms with E-state index < -0.39 is 5.91 Å². The molecule has 0 bridgehead atoms. The highest BCUT2D eigenvalue weighted by molar-refractivity contribution is 5.92. The predicted molar refractivity (Wildman–Crippen MR) is 82.2 cm³/mol. The number of hydrogen-bond acceptors (Lipinski definition) is 5. The number of hydrogen-bond donors (Lipinski definition) is 2. The van der Waals surface area contributed by atoms with Gasteiger partial charge in [-0.25, -0.2) is 9.78 Å². The maximum absolute atomic E-state index is 12.1. The molecule has 1 aliphatic heterocycles. The predicted octanol–water partition coefficient (Wildman–Crippen LogP) is 0.495. The van der Waals surface area contributed by atoms with Crippen LogP contribution in [-0.4, -0.2) is 53.1 Å². The molecule has 120 valence electrons. The van der Waals surface area contributed by atoms with Gasteiger partial charge in [0.25, 0.3) is 11.5 Å². The standard InChI is InChI=1S/C15H16N4O4/c20-13-10-4-1-2-5-11(10)17-12(18-13)14(21)16-6-8-19-7-3-9-23-15(19)22/h1-2,4-5H,3,6-9H2,(H,16,21)(H,17,18,20). The molecule has 3 rings (SSSR count). The summed E-state index contributed by atoms with van der Waals surface area (Å²) in [4.78, 5) is 43.6. The van der Waals surface area contributed by atoms with E-state index in [0.29, 0.717) is 30.6 Å². The summed E-state index contributed by atoms with van der Waals surface area (Å²) in [6.45, 7) is 1.65. The molecule has 0 saturated carbocycles. The fourth-order valence-corrected chi connectivity index (χ4v) is 2.38. The van der Waals surface area contributed by atoms with Gasteiger partial charge in [0.15, 0.2) is 5.82 Å². The number of fused-ring (bicyclic) bond motifs is 1. The van der Waals surface area contributed by atoms with Crippen molar-refractivity contribution in [2.75, 3.05) is 26.2 Å². The van der Waals surface area contributed by atoms with Crippen molar-refractivity contribution in [3.05, 3.63) is 40.4 Å². The molecule has 1 aromatic heterocycles. The Balaban J connectivity index is 1.64. The smallest absolute Gasteiger partial charge is 0.409 e. The molecule has 2 aromatic rings. The molecule has 2 heterocycles. The molecule has 0 radical (unpaired) electrons. The highest BCUT2D eigenvalue weighted by Crippen LogP contribution is 2.06. The van der Waals surface area contributed by atoms with Crippen LogP contribution in [-0.2, 0) is 4.74 Å². The summed E-state index contributed by atoms with van der Waals surface area (Å²) in [5.41, 5.74) is 0.0985. The fourth-order valence-electron chi connectivity index (χ4n) is 2.38. The van der Waals surface area contributed by atoms with Gasteiger partial charge in [-0.2, -0.15) is 0 Å². The first-order valence-electron chi connectivity index (χ1n) is 7.34. The summed E-state index contributed by atoms with van der Waals surface area (Å²) < 4.78 is 4.91. The van der Waals surface area contributed by atoms with Crippen LogP contribution in [0.3, 0.4) is 0 Å².